The number of nitrogens with one attached hydrogen (secondary N) is 2. The van der Waals surface area contributed by atoms with Gasteiger partial charge in [-0.25, -0.2) is 0 Å². The van der Waals surface area contributed by atoms with Crippen LogP contribution in [-0.2, 0) is 5.41 Å². The molecule has 0 aliphatic rings. The summed E-state index contributed by atoms with van der Waals surface area (Å²) in [5.41, 5.74) is 2.79. The lowest BCUT2D eigenvalue weighted by atomic mass is 9.87. The predicted octanol–water partition coefficient (Wildman–Crippen LogP) is 5.56. The summed E-state index contributed by atoms with van der Waals surface area (Å²) in [7, 11) is 1.53. The Labute approximate surface area is 174 Å². The number of amides is 2. The van der Waals surface area contributed by atoms with Crippen molar-refractivity contribution in [2.75, 3.05) is 17.7 Å². The van der Waals surface area contributed by atoms with Gasteiger partial charge in [-0.05, 0) is 52.8 Å². The fourth-order valence-corrected chi connectivity index (χ4v) is 3.42. The van der Waals surface area contributed by atoms with E-state index >= 15 is 0 Å². The summed E-state index contributed by atoms with van der Waals surface area (Å²) in [5.74, 6) is 0.0736. The van der Waals surface area contributed by atoms with E-state index in [0.29, 0.717) is 27.6 Å². The summed E-state index contributed by atoms with van der Waals surface area (Å²) in [6.07, 6.45) is 0. The molecule has 150 valence electrons. The van der Waals surface area contributed by atoms with Crippen molar-refractivity contribution >= 4 is 34.5 Å². The van der Waals surface area contributed by atoms with Crippen molar-refractivity contribution in [2.45, 2.75) is 26.2 Å². The zero-order chi connectivity index (χ0) is 21.0. The van der Waals surface area contributed by atoms with Crippen LogP contribution in [0.15, 0.2) is 60.0 Å². The van der Waals surface area contributed by atoms with E-state index in [1.54, 1.807) is 24.3 Å². The molecule has 0 spiro atoms. The minimum atomic E-state index is -0.245. The van der Waals surface area contributed by atoms with E-state index in [0.717, 1.165) is 5.56 Å². The maximum absolute atomic E-state index is 12.7. The first-order valence-corrected chi connectivity index (χ1v) is 10.1. The smallest absolute Gasteiger partial charge is 0.265 e. The molecule has 2 aromatic carbocycles. The van der Waals surface area contributed by atoms with Gasteiger partial charge in [-0.1, -0.05) is 39.0 Å². The van der Waals surface area contributed by atoms with Crippen LogP contribution in [0.5, 0.6) is 5.75 Å². The number of carbonyl (C=O) groups is 2. The Morgan fingerprint density at radius 3 is 2.24 bits per heavy atom. The van der Waals surface area contributed by atoms with Crippen LogP contribution in [0.25, 0.3) is 0 Å². The molecule has 29 heavy (non-hydrogen) atoms. The molecule has 0 saturated carbocycles. The van der Waals surface area contributed by atoms with E-state index in [1.807, 2.05) is 35.7 Å². The molecule has 2 N–H and O–H groups in total. The zero-order valence-corrected chi connectivity index (χ0v) is 17.7. The minimum Gasteiger partial charge on any atom is -0.495 e. The second-order valence-electron chi connectivity index (χ2n) is 7.63. The highest BCUT2D eigenvalue weighted by molar-refractivity contribution is 7.12. The van der Waals surface area contributed by atoms with Gasteiger partial charge in [0.25, 0.3) is 11.8 Å². The Hall–Kier alpha value is -3.12. The highest BCUT2D eigenvalue weighted by Crippen LogP contribution is 2.29. The molecular formula is C23H24N2O3S. The van der Waals surface area contributed by atoms with E-state index in [4.69, 9.17) is 4.74 Å². The molecule has 6 heteroatoms. The third kappa shape index (κ3) is 5.03. The van der Waals surface area contributed by atoms with Crippen molar-refractivity contribution in [1.29, 1.82) is 0 Å². The first kappa shape index (κ1) is 20.6. The van der Waals surface area contributed by atoms with E-state index in [9.17, 15) is 9.59 Å². The molecule has 0 aliphatic heterocycles. The molecule has 0 aliphatic carbocycles. The van der Waals surface area contributed by atoms with Crippen molar-refractivity contribution in [3.05, 3.63) is 76.0 Å². The Morgan fingerprint density at radius 1 is 0.931 bits per heavy atom. The van der Waals surface area contributed by atoms with Gasteiger partial charge in [0, 0.05) is 11.3 Å². The molecule has 0 radical (unpaired) electrons. The first-order valence-electron chi connectivity index (χ1n) is 9.23. The van der Waals surface area contributed by atoms with Crippen molar-refractivity contribution in [3.8, 4) is 5.75 Å². The van der Waals surface area contributed by atoms with Gasteiger partial charge in [0.2, 0.25) is 0 Å². The number of anilines is 2. The van der Waals surface area contributed by atoms with Crippen molar-refractivity contribution in [1.82, 2.24) is 0 Å². The van der Waals surface area contributed by atoms with E-state index in [-0.39, 0.29) is 17.2 Å². The molecule has 0 fully saturated rings. The molecule has 0 atom stereocenters. The normalized spacial score (nSPS) is 11.0. The lowest BCUT2D eigenvalue weighted by Gasteiger charge is -2.19. The van der Waals surface area contributed by atoms with Crippen LogP contribution in [-0.4, -0.2) is 18.9 Å². The Morgan fingerprint density at radius 2 is 1.66 bits per heavy atom. The van der Waals surface area contributed by atoms with Crippen LogP contribution in [0.4, 0.5) is 11.4 Å². The van der Waals surface area contributed by atoms with Crippen LogP contribution in [0.3, 0.4) is 0 Å². The average molecular weight is 409 g/mol. The second-order valence-corrected chi connectivity index (χ2v) is 8.58. The van der Waals surface area contributed by atoms with Crippen molar-refractivity contribution < 1.29 is 14.3 Å². The molecule has 0 saturated heterocycles. The zero-order valence-electron chi connectivity index (χ0n) is 16.9. The van der Waals surface area contributed by atoms with Crippen molar-refractivity contribution in [3.63, 3.8) is 0 Å². The summed E-state index contributed by atoms with van der Waals surface area (Å²) in [6, 6.07) is 16.3. The number of thiophene rings is 1. The fourth-order valence-electron chi connectivity index (χ4n) is 2.80. The van der Waals surface area contributed by atoms with Crippen molar-refractivity contribution in [2.24, 2.45) is 0 Å². The van der Waals surface area contributed by atoms with E-state index in [1.165, 1.54) is 18.4 Å². The maximum Gasteiger partial charge on any atom is 0.265 e. The number of methoxy groups -OCH3 is 1. The van der Waals surface area contributed by atoms with Gasteiger partial charge in [-0.15, -0.1) is 11.3 Å². The molecule has 2 amide bonds. The third-order valence-electron chi connectivity index (χ3n) is 4.46. The Balaban J connectivity index is 1.78. The predicted molar refractivity (Wildman–Crippen MR) is 118 cm³/mol. The van der Waals surface area contributed by atoms with Crippen LogP contribution < -0.4 is 15.4 Å². The van der Waals surface area contributed by atoms with Gasteiger partial charge >= 0.3 is 0 Å². The molecule has 1 aromatic heterocycles. The molecule has 1 heterocycles. The molecule has 0 unspecified atom stereocenters. The number of carbonyl (C=O) groups excluding carboxylic acids is 2. The Bertz CT molecular complexity index is 1000. The summed E-state index contributed by atoms with van der Waals surface area (Å²) >= 11 is 1.37. The van der Waals surface area contributed by atoms with Gasteiger partial charge in [0.1, 0.15) is 5.75 Å². The quantitative estimate of drug-likeness (QED) is 0.581. The van der Waals surface area contributed by atoms with Gasteiger partial charge in [-0.2, -0.15) is 0 Å². The Kier molecular flexibility index (Phi) is 6.03. The lowest BCUT2D eigenvalue weighted by molar-refractivity contribution is 0.102. The van der Waals surface area contributed by atoms with E-state index in [2.05, 4.69) is 31.4 Å². The summed E-state index contributed by atoms with van der Waals surface area (Å²) in [5, 5.41) is 7.56. The van der Waals surface area contributed by atoms with Gasteiger partial charge in [0.05, 0.1) is 17.7 Å². The van der Waals surface area contributed by atoms with Crippen LogP contribution in [0, 0.1) is 0 Å². The average Bonchev–Trinajstić information content (AvgIpc) is 3.23. The molecular weight excluding hydrogens is 384 g/mol. The highest BCUT2D eigenvalue weighted by Gasteiger charge is 2.16. The maximum atomic E-state index is 12.7. The SMILES string of the molecule is COc1ccc(NC(=O)c2cccs2)cc1NC(=O)c1ccc(C(C)(C)C)cc1. The summed E-state index contributed by atoms with van der Waals surface area (Å²) in [6.45, 7) is 6.38. The van der Waals surface area contributed by atoms with Crippen LogP contribution in [0.2, 0.25) is 0 Å². The first-order chi connectivity index (χ1) is 13.8. The van der Waals surface area contributed by atoms with E-state index < -0.39 is 0 Å². The van der Waals surface area contributed by atoms with Gasteiger partial charge < -0.3 is 15.4 Å². The molecule has 3 aromatic rings. The third-order valence-corrected chi connectivity index (χ3v) is 5.33. The number of ether oxygens (including phenoxy) is 1. The fraction of sp³-hybridized carbons (Fsp3) is 0.217. The number of hydrogen-bond donors (Lipinski definition) is 2. The monoisotopic (exact) mass is 408 g/mol. The summed E-state index contributed by atoms with van der Waals surface area (Å²) < 4.78 is 5.35. The largest absolute Gasteiger partial charge is 0.495 e. The molecule has 5 nitrogen and oxygen atoms in total. The topological polar surface area (TPSA) is 67.4 Å². The van der Waals surface area contributed by atoms with Crippen LogP contribution in [0.1, 0.15) is 46.4 Å². The number of hydrogen-bond acceptors (Lipinski definition) is 4. The number of benzene rings is 2. The molecule has 0 bridgehead atoms. The highest BCUT2D eigenvalue weighted by atomic mass is 32.1. The minimum absolute atomic E-state index is 0.0212. The van der Waals surface area contributed by atoms with Gasteiger partial charge in [0.15, 0.2) is 0 Å². The number of rotatable bonds is 5. The second kappa shape index (κ2) is 8.49. The standard InChI is InChI=1S/C23H24N2O3S/c1-23(2,3)16-9-7-15(8-10-16)21(26)25-18-14-17(11-12-19(18)28-4)24-22(27)20-6-5-13-29-20/h5-14H,1-4H3,(H,24,27)(H,25,26). The van der Waals surface area contributed by atoms with Crippen LogP contribution >= 0.6 is 11.3 Å². The lowest BCUT2D eigenvalue weighted by Crippen LogP contribution is -2.15. The summed E-state index contributed by atoms with van der Waals surface area (Å²) in [4.78, 5) is 25.6. The van der Waals surface area contributed by atoms with Gasteiger partial charge in [-0.3, -0.25) is 9.59 Å². The molecule has 3 rings (SSSR count).